The lowest BCUT2D eigenvalue weighted by Crippen LogP contribution is -2.19. The minimum absolute atomic E-state index is 0.298. The van der Waals surface area contributed by atoms with Gasteiger partial charge in [0, 0.05) is 22.3 Å². The van der Waals surface area contributed by atoms with Crippen LogP contribution in [0.5, 0.6) is 0 Å². The number of hydrazone groups is 1. The number of carbonyl (C=O) groups is 1. The van der Waals surface area contributed by atoms with E-state index in [-0.39, 0.29) is 5.91 Å². The van der Waals surface area contributed by atoms with Crippen LogP contribution in [0.1, 0.15) is 16.1 Å². The molecule has 2 aromatic carbocycles. The van der Waals surface area contributed by atoms with Gasteiger partial charge in [0.25, 0.3) is 5.91 Å². The van der Waals surface area contributed by atoms with Crippen LogP contribution >= 0.6 is 23.4 Å². The number of para-hydroxylation sites is 1. The molecule has 0 radical (unpaired) electrons. The highest BCUT2D eigenvalue weighted by atomic mass is 35.5. The zero-order valence-corrected chi connectivity index (χ0v) is 16.7. The molecule has 0 spiro atoms. The molecule has 2 heterocycles. The van der Waals surface area contributed by atoms with Crippen molar-refractivity contribution in [2.24, 2.45) is 5.10 Å². The van der Waals surface area contributed by atoms with Crippen molar-refractivity contribution in [1.82, 2.24) is 9.99 Å². The molecule has 4 aromatic rings. The Morgan fingerprint density at radius 1 is 1.00 bits per heavy atom. The summed E-state index contributed by atoms with van der Waals surface area (Å²) >= 11 is 7.38. The number of carbonyl (C=O) groups excluding carboxylic acids is 1. The van der Waals surface area contributed by atoms with E-state index >= 15 is 0 Å². The third-order valence-corrected chi connectivity index (χ3v) is 5.20. The predicted octanol–water partition coefficient (Wildman–Crippen LogP) is 5.64. The number of hydrogen-bond acceptors (Lipinski definition) is 4. The minimum atomic E-state index is -0.298. The van der Waals surface area contributed by atoms with E-state index < -0.39 is 0 Å². The van der Waals surface area contributed by atoms with Crippen molar-refractivity contribution >= 4 is 35.5 Å². The molecular formula is C22H16ClN3O2S. The summed E-state index contributed by atoms with van der Waals surface area (Å²) in [5, 5.41) is 5.43. The Labute approximate surface area is 177 Å². The third kappa shape index (κ3) is 4.80. The van der Waals surface area contributed by atoms with E-state index in [1.807, 2.05) is 77.6 Å². The molecule has 5 nitrogen and oxygen atoms in total. The first kappa shape index (κ1) is 19.1. The van der Waals surface area contributed by atoms with E-state index in [4.69, 9.17) is 16.0 Å². The topological polar surface area (TPSA) is 59.5 Å². The van der Waals surface area contributed by atoms with E-state index in [0.29, 0.717) is 16.3 Å². The van der Waals surface area contributed by atoms with Crippen LogP contribution in [0.4, 0.5) is 0 Å². The maximum Gasteiger partial charge on any atom is 0.273 e. The number of amides is 1. The molecule has 2 aromatic heterocycles. The van der Waals surface area contributed by atoms with Crippen molar-refractivity contribution in [1.29, 1.82) is 0 Å². The highest BCUT2D eigenvalue weighted by Gasteiger charge is 2.11. The fraction of sp³-hybridized carbons (Fsp3) is 0. The summed E-state index contributed by atoms with van der Waals surface area (Å²) in [6.07, 6.45) is 5.25. The van der Waals surface area contributed by atoms with Gasteiger partial charge in [-0.15, -0.1) is 0 Å². The van der Waals surface area contributed by atoms with E-state index in [2.05, 4.69) is 10.5 Å². The van der Waals surface area contributed by atoms with Crippen LogP contribution in [0.25, 0.3) is 5.69 Å². The molecule has 144 valence electrons. The zero-order chi connectivity index (χ0) is 20.1. The van der Waals surface area contributed by atoms with Gasteiger partial charge in [-0.2, -0.15) is 5.10 Å². The van der Waals surface area contributed by atoms with Crippen LogP contribution in [0.3, 0.4) is 0 Å². The molecule has 7 heteroatoms. The normalized spacial score (nSPS) is 11.1. The second-order valence-corrected chi connectivity index (χ2v) is 7.53. The Morgan fingerprint density at radius 3 is 2.55 bits per heavy atom. The van der Waals surface area contributed by atoms with Crippen molar-refractivity contribution in [3.05, 3.63) is 102 Å². The van der Waals surface area contributed by atoms with Crippen molar-refractivity contribution in [2.75, 3.05) is 0 Å². The van der Waals surface area contributed by atoms with Crippen LogP contribution in [-0.4, -0.2) is 16.7 Å². The van der Waals surface area contributed by atoms with Gasteiger partial charge in [0.1, 0.15) is 5.76 Å². The standard InChI is InChI=1S/C22H16ClN3O2S/c23-16-7-10-18(11-8-16)29-21-12-9-17(28-21)15-24-25-22(27)19-5-1-2-6-20(19)26-13-3-4-14-26/h1-15H,(H,25,27). The number of benzene rings is 2. The summed E-state index contributed by atoms with van der Waals surface area (Å²) in [4.78, 5) is 13.6. The first-order valence-corrected chi connectivity index (χ1v) is 9.97. The van der Waals surface area contributed by atoms with Gasteiger partial charge in [0.2, 0.25) is 0 Å². The quantitative estimate of drug-likeness (QED) is 0.324. The smallest absolute Gasteiger partial charge is 0.273 e. The number of nitrogens with zero attached hydrogens (tertiary/aromatic N) is 2. The zero-order valence-electron chi connectivity index (χ0n) is 15.2. The molecule has 0 aliphatic rings. The van der Waals surface area contributed by atoms with E-state index in [9.17, 15) is 4.79 Å². The van der Waals surface area contributed by atoms with E-state index in [1.165, 1.54) is 18.0 Å². The van der Waals surface area contributed by atoms with Gasteiger partial charge in [-0.25, -0.2) is 5.43 Å². The lowest BCUT2D eigenvalue weighted by atomic mass is 10.1. The van der Waals surface area contributed by atoms with Crippen molar-refractivity contribution in [2.45, 2.75) is 9.99 Å². The predicted molar refractivity (Wildman–Crippen MR) is 115 cm³/mol. The first-order chi connectivity index (χ1) is 14.2. The largest absolute Gasteiger partial charge is 0.448 e. The number of rotatable bonds is 6. The lowest BCUT2D eigenvalue weighted by Gasteiger charge is -2.08. The SMILES string of the molecule is O=C(NN=Cc1ccc(Sc2ccc(Cl)cc2)o1)c1ccccc1-n1cccc1. The first-order valence-electron chi connectivity index (χ1n) is 8.78. The maximum absolute atomic E-state index is 12.5. The summed E-state index contributed by atoms with van der Waals surface area (Å²) in [5.41, 5.74) is 3.86. The molecule has 0 fully saturated rings. The molecule has 0 atom stereocenters. The molecule has 0 unspecified atom stereocenters. The van der Waals surface area contributed by atoms with E-state index in [1.54, 1.807) is 12.1 Å². The number of hydrogen-bond donors (Lipinski definition) is 1. The second kappa shape index (κ2) is 8.86. The van der Waals surface area contributed by atoms with Gasteiger partial charge in [-0.3, -0.25) is 4.79 Å². The number of halogens is 1. The van der Waals surface area contributed by atoms with E-state index in [0.717, 1.165) is 15.7 Å². The molecule has 0 bridgehead atoms. The van der Waals surface area contributed by atoms with Crippen molar-refractivity contribution < 1.29 is 9.21 Å². The average Bonchev–Trinajstić information content (AvgIpc) is 3.42. The fourth-order valence-electron chi connectivity index (χ4n) is 2.68. The minimum Gasteiger partial charge on any atom is -0.448 e. The summed E-state index contributed by atoms with van der Waals surface area (Å²) in [7, 11) is 0. The number of furan rings is 1. The summed E-state index contributed by atoms with van der Waals surface area (Å²) in [6, 6.07) is 22.3. The van der Waals surface area contributed by atoms with Crippen molar-refractivity contribution in [3.8, 4) is 5.69 Å². The highest BCUT2D eigenvalue weighted by molar-refractivity contribution is 7.99. The van der Waals surface area contributed by atoms with Crippen molar-refractivity contribution in [3.63, 3.8) is 0 Å². The Hall–Kier alpha value is -3.22. The van der Waals surface area contributed by atoms with Gasteiger partial charge >= 0.3 is 0 Å². The molecule has 0 saturated carbocycles. The number of nitrogens with one attached hydrogen (secondary N) is 1. The number of aromatic nitrogens is 1. The molecule has 1 N–H and O–H groups in total. The molecule has 0 aliphatic heterocycles. The molecule has 0 saturated heterocycles. The second-order valence-electron chi connectivity index (χ2n) is 6.02. The summed E-state index contributed by atoms with van der Waals surface area (Å²) in [6.45, 7) is 0. The molecule has 0 aliphatic carbocycles. The Morgan fingerprint density at radius 2 is 1.76 bits per heavy atom. The van der Waals surface area contributed by atoms with Crippen LogP contribution < -0.4 is 5.43 Å². The van der Waals surface area contributed by atoms with Crippen LogP contribution in [0, 0.1) is 0 Å². The van der Waals surface area contributed by atoms with Gasteiger partial charge in [-0.1, -0.05) is 35.5 Å². The van der Waals surface area contributed by atoms with Gasteiger partial charge < -0.3 is 8.98 Å². The monoisotopic (exact) mass is 421 g/mol. The molecule has 29 heavy (non-hydrogen) atoms. The molecular weight excluding hydrogens is 406 g/mol. The molecule has 1 amide bonds. The Balaban J connectivity index is 1.40. The van der Waals surface area contributed by atoms with Crippen LogP contribution in [0.15, 0.2) is 105 Å². The fourth-order valence-corrected chi connectivity index (χ4v) is 3.58. The Kier molecular flexibility index (Phi) is 5.84. The average molecular weight is 422 g/mol. The maximum atomic E-state index is 12.5. The summed E-state index contributed by atoms with van der Waals surface area (Å²) in [5.74, 6) is 0.244. The van der Waals surface area contributed by atoms with Gasteiger partial charge in [0.15, 0.2) is 5.09 Å². The van der Waals surface area contributed by atoms with Gasteiger partial charge in [0.05, 0.1) is 17.5 Å². The lowest BCUT2D eigenvalue weighted by molar-refractivity contribution is 0.0955. The molecule has 4 rings (SSSR count). The highest BCUT2D eigenvalue weighted by Crippen LogP contribution is 2.29. The van der Waals surface area contributed by atoms with Crippen LogP contribution in [-0.2, 0) is 0 Å². The summed E-state index contributed by atoms with van der Waals surface area (Å²) < 4.78 is 7.59. The van der Waals surface area contributed by atoms with Gasteiger partial charge in [-0.05, 0) is 60.7 Å². The Bertz CT molecular complexity index is 1140. The van der Waals surface area contributed by atoms with Crippen LogP contribution in [0.2, 0.25) is 5.02 Å². The third-order valence-electron chi connectivity index (χ3n) is 4.02.